The van der Waals surface area contributed by atoms with Gasteiger partial charge in [-0.15, -0.1) is 0 Å². The Morgan fingerprint density at radius 3 is 2.67 bits per heavy atom. The Balaban J connectivity index is 1.56. The minimum absolute atomic E-state index is 0.0111. The summed E-state index contributed by atoms with van der Waals surface area (Å²) >= 11 is 0. The lowest BCUT2D eigenvalue weighted by molar-refractivity contribution is -0.141. The fourth-order valence-electron chi connectivity index (χ4n) is 3.36. The van der Waals surface area contributed by atoms with Gasteiger partial charge in [-0.25, -0.2) is 8.78 Å². The van der Waals surface area contributed by atoms with Crippen molar-refractivity contribution in [2.24, 2.45) is 11.8 Å². The van der Waals surface area contributed by atoms with Crippen LogP contribution in [0.2, 0.25) is 0 Å². The van der Waals surface area contributed by atoms with Crippen molar-refractivity contribution in [1.82, 2.24) is 5.32 Å². The Bertz CT molecular complexity index is 868. The Labute approximate surface area is 156 Å². The molecule has 3 rings (SSSR count). The number of carbonyl (C=O) groups excluding carboxylic acids is 1. The number of hydrogen-bond acceptors (Lipinski definition) is 2. The van der Waals surface area contributed by atoms with Crippen LogP contribution in [0.25, 0.3) is 0 Å². The van der Waals surface area contributed by atoms with E-state index in [0.717, 1.165) is 17.2 Å². The third-order valence-electron chi connectivity index (χ3n) is 4.93. The molecule has 0 aromatic heterocycles. The summed E-state index contributed by atoms with van der Waals surface area (Å²) in [5.41, 5.74) is 2.27. The zero-order valence-electron chi connectivity index (χ0n) is 14.9. The Morgan fingerprint density at radius 2 is 2.00 bits per heavy atom. The topological polar surface area (TPSA) is 66.4 Å². The van der Waals surface area contributed by atoms with E-state index >= 15 is 0 Å². The van der Waals surface area contributed by atoms with Gasteiger partial charge in [0.2, 0.25) is 5.91 Å². The van der Waals surface area contributed by atoms with E-state index in [1.54, 1.807) is 0 Å². The molecular weight excluding hydrogens is 352 g/mol. The van der Waals surface area contributed by atoms with Gasteiger partial charge in [0.25, 0.3) is 0 Å². The molecule has 1 saturated carbocycles. The Kier molecular flexibility index (Phi) is 5.54. The molecule has 1 amide bonds. The molecule has 3 atom stereocenters. The van der Waals surface area contributed by atoms with Gasteiger partial charge in [-0.3, -0.25) is 9.59 Å². The van der Waals surface area contributed by atoms with E-state index in [1.807, 2.05) is 31.2 Å². The van der Waals surface area contributed by atoms with Crippen LogP contribution >= 0.6 is 0 Å². The Morgan fingerprint density at radius 1 is 1.22 bits per heavy atom. The van der Waals surface area contributed by atoms with Crippen molar-refractivity contribution in [3.05, 3.63) is 70.8 Å². The first-order valence-corrected chi connectivity index (χ1v) is 8.86. The highest BCUT2D eigenvalue weighted by molar-refractivity contribution is 5.83. The minimum atomic E-state index is -0.978. The van der Waals surface area contributed by atoms with Crippen LogP contribution in [0.15, 0.2) is 42.5 Å². The van der Waals surface area contributed by atoms with Crippen molar-refractivity contribution in [1.29, 1.82) is 0 Å². The summed E-state index contributed by atoms with van der Waals surface area (Å²) in [6.07, 6.45) is 0.794. The van der Waals surface area contributed by atoms with E-state index in [2.05, 4.69) is 5.32 Å². The first-order valence-electron chi connectivity index (χ1n) is 8.86. The number of halogens is 2. The first-order chi connectivity index (χ1) is 12.8. The molecule has 2 aromatic carbocycles. The standard InChI is InChI=1S/C21H21F2NO3/c1-12-3-2-4-13(7-12)8-14(21(26)27)11-24-20(25)18-10-17(18)16-6-5-15(22)9-19(16)23/h2-7,9,14,17-18H,8,10-11H2,1H3,(H,24,25)(H,26,27). The van der Waals surface area contributed by atoms with Gasteiger partial charge in [-0.1, -0.05) is 35.9 Å². The van der Waals surface area contributed by atoms with Gasteiger partial charge in [0.1, 0.15) is 11.6 Å². The molecule has 1 aliphatic carbocycles. The van der Waals surface area contributed by atoms with Crippen LogP contribution in [-0.2, 0) is 16.0 Å². The van der Waals surface area contributed by atoms with Crippen LogP contribution in [0.4, 0.5) is 8.78 Å². The smallest absolute Gasteiger partial charge is 0.308 e. The molecule has 3 unspecified atom stereocenters. The number of amides is 1. The monoisotopic (exact) mass is 373 g/mol. The average molecular weight is 373 g/mol. The van der Waals surface area contributed by atoms with Crippen LogP contribution in [-0.4, -0.2) is 23.5 Å². The summed E-state index contributed by atoms with van der Waals surface area (Å²) in [7, 11) is 0. The summed E-state index contributed by atoms with van der Waals surface area (Å²) in [4.78, 5) is 23.8. The third-order valence-corrected chi connectivity index (χ3v) is 4.93. The average Bonchev–Trinajstić information content (AvgIpc) is 3.38. The van der Waals surface area contributed by atoms with Gasteiger partial charge in [-0.05, 0) is 42.9 Å². The number of benzene rings is 2. The van der Waals surface area contributed by atoms with Gasteiger partial charge >= 0.3 is 5.97 Å². The van der Waals surface area contributed by atoms with E-state index in [9.17, 15) is 23.5 Å². The van der Waals surface area contributed by atoms with E-state index in [4.69, 9.17) is 0 Å². The molecule has 1 fully saturated rings. The fourth-order valence-corrected chi connectivity index (χ4v) is 3.36. The predicted octanol–water partition coefficient (Wildman–Crippen LogP) is 3.44. The van der Waals surface area contributed by atoms with Crippen LogP contribution < -0.4 is 5.32 Å². The van der Waals surface area contributed by atoms with Gasteiger partial charge in [-0.2, -0.15) is 0 Å². The summed E-state index contributed by atoms with van der Waals surface area (Å²) in [5, 5.41) is 12.1. The number of carbonyl (C=O) groups is 2. The van der Waals surface area contributed by atoms with E-state index < -0.39 is 29.4 Å². The van der Waals surface area contributed by atoms with Crippen LogP contribution in [0.5, 0.6) is 0 Å². The van der Waals surface area contributed by atoms with Crippen LogP contribution in [0, 0.1) is 30.4 Å². The normalized spacial score (nSPS) is 19.4. The number of carboxylic acids is 1. The Hall–Kier alpha value is -2.76. The van der Waals surface area contributed by atoms with Crippen LogP contribution in [0.3, 0.4) is 0 Å². The minimum Gasteiger partial charge on any atom is -0.481 e. The molecule has 1 aliphatic rings. The molecular formula is C21H21F2NO3. The highest BCUT2D eigenvalue weighted by Crippen LogP contribution is 2.48. The largest absolute Gasteiger partial charge is 0.481 e. The molecule has 0 heterocycles. The van der Waals surface area contributed by atoms with Gasteiger partial charge in [0.15, 0.2) is 0 Å². The maximum Gasteiger partial charge on any atom is 0.308 e. The summed E-state index contributed by atoms with van der Waals surface area (Å²) < 4.78 is 26.8. The van der Waals surface area contributed by atoms with Gasteiger partial charge < -0.3 is 10.4 Å². The third kappa shape index (κ3) is 4.70. The lowest BCUT2D eigenvalue weighted by Gasteiger charge is -2.14. The van der Waals surface area contributed by atoms with Crippen molar-refractivity contribution in [3.8, 4) is 0 Å². The number of carboxylic acid groups (broad SMARTS) is 1. The van der Waals surface area contributed by atoms with E-state index in [-0.39, 0.29) is 18.4 Å². The summed E-state index contributed by atoms with van der Waals surface area (Å²) in [6.45, 7) is 1.94. The predicted molar refractivity (Wildman–Crippen MR) is 96.2 cm³/mol. The number of aliphatic carboxylic acids is 1. The number of nitrogens with one attached hydrogen (secondary N) is 1. The summed E-state index contributed by atoms with van der Waals surface area (Å²) in [6, 6.07) is 10.9. The van der Waals surface area contributed by atoms with Crippen molar-refractivity contribution >= 4 is 11.9 Å². The summed E-state index contributed by atoms with van der Waals surface area (Å²) in [5.74, 6) is -4.01. The van der Waals surface area contributed by atoms with Crippen molar-refractivity contribution in [3.63, 3.8) is 0 Å². The van der Waals surface area contributed by atoms with Crippen molar-refractivity contribution in [2.45, 2.75) is 25.7 Å². The maximum atomic E-state index is 13.8. The lowest BCUT2D eigenvalue weighted by Crippen LogP contribution is -2.35. The lowest BCUT2D eigenvalue weighted by atomic mass is 9.98. The zero-order valence-corrected chi connectivity index (χ0v) is 14.9. The first kappa shape index (κ1) is 19.0. The molecule has 0 aliphatic heterocycles. The van der Waals surface area contributed by atoms with E-state index in [1.165, 1.54) is 12.1 Å². The molecule has 27 heavy (non-hydrogen) atoms. The fraction of sp³-hybridized carbons (Fsp3) is 0.333. The van der Waals surface area contributed by atoms with Gasteiger partial charge in [0, 0.05) is 18.5 Å². The SMILES string of the molecule is Cc1cccc(CC(CNC(=O)C2CC2c2ccc(F)cc2F)C(=O)O)c1. The molecule has 6 heteroatoms. The molecule has 0 radical (unpaired) electrons. The highest BCUT2D eigenvalue weighted by atomic mass is 19.1. The van der Waals surface area contributed by atoms with Crippen molar-refractivity contribution in [2.75, 3.05) is 6.54 Å². The molecule has 142 valence electrons. The molecule has 0 bridgehead atoms. The van der Waals surface area contributed by atoms with E-state index in [0.29, 0.717) is 18.4 Å². The molecule has 0 spiro atoms. The highest BCUT2D eigenvalue weighted by Gasteiger charge is 2.45. The molecule has 4 nitrogen and oxygen atoms in total. The maximum absolute atomic E-state index is 13.8. The number of aryl methyl sites for hydroxylation is 1. The molecule has 2 aromatic rings. The second kappa shape index (κ2) is 7.86. The zero-order chi connectivity index (χ0) is 19.6. The van der Waals surface area contributed by atoms with Gasteiger partial charge in [0.05, 0.1) is 5.92 Å². The van der Waals surface area contributed by atoms with Crippen molar-refractivity contribution < 1.29 is 23.5 Å². The number of rotatable bonds is 7. The van der Waals surface area contributed by atoms with Crippen LogP contribution in [0.1, 0.15) is 29.0 Å². The second-order valence-corrected chi connectivity index (χ2v) is 7.09. The molecule has 0 saturated heterocycles. The molecule has 2 N–H and O–H groups in total. The second-order valence-electron chi connectivity index (χ2n) is 7.09. The quantitative estimate of drug-likeness (QED) is 0.781. The number of hydrogen-bond donors (Lipinski definition) is 2.